The summed E-state index contributed by atoms with van der Waals surface area (Å²) in [6.45, 7) is 5.76. The molecule has 1 aliphatic heterocycles. The molecule has 0 bridgehead atoms. The van der Waals surface area contributed by atoms with Crippen molar-refractivity contribution in [2.75, 3.05) is 51.3 Å². The van der Waals surface area contributed by atoms with Crippen LogP contribution < -0.4 is 10.2 Å². The topological polar surface area (TPSA) is 44.8 Å². The lowest BCUT2D eigenvalue weighted by Crippen LogP contribution is -2.47. The molecule has 0 unspecified atom stereocenters. The number of nitrogens with zero attached hydrogens (tertiary/aromatic N) is 2. The third-order valence-corrected chi connectivity index (χ3v) is 7.05. The van der Waals surface area contributed by atoms with E-state index in [-0.39, 0.29) is 5.91 Å². The number of carbonyl (C=O) groups excluding carboxylic acids is 1. The van der Waals surface area contributed by atoms with Gasteiger partial charge in [0.05, 0.1) is 22.3 Å². The zero-order valence-electron chi connectivity index (χ0n) is 17.3. The van der Waals surface area contributed by atoms with E-state index >= 15 is 0 Å². The fraction of sp³-hybridized carbons (Fsp3) is 0.682. The Morgan fingerprint density at radius 1 is 1.14 bits per heavy atom. The molecule has 0 spiro atoms. The first-order chi connectivity index (χ1) is 14.1. The zero-order chi connectivity index (χ0) is 20.6. The number of rotatable bonds is 8. The van der Waals surface area contributed by atoms with Gasteiger partial charge in [-0.05, 0) is 56.7 Å². The Kier molecular flexibility index (Phi) is 8.91. The van der Waals surface area contributed by atoms with Crippen LogP contribution in [0.4, 0.5) is 5.69 Å². The molecule has 1 aromatic rings. The summed E-state index contributed by atoms with van der Waals surface area (Å²) < 4.78 is 4.97. The standard InChI is InChI=1S/C22H33Cl2N3O2/c1-29-16-10-21(28)25-18-7-5-17(6-8-18)9-11-26-12-14-27(15-13-26)20-4-2-3-19(23)22(20)24/h2-4,17-18H,5-16H2,1H3,(H,25,28)/t17-,18-. The Morgan fingerprint density at radius 2 is 1.86 bits per heavy atom. The van der Waals surface area contributed by atoms with Gasteiger partial charge in [-0.1, -0.05) is 29.3 Å². The Bertz CT molecular complexity index is 657. The van der Waals surface area contributed by atoms with Crippen molar-refractivity contribution in [1.29, 1.82) is 0 Å². The summed E-state index contributed by atoms with van der Waals surface area (Å²) in [7, 11) is 1.63. The van der Waals surface area contributed by atoms with Crippen LogP contribution in [0.1, 0.15) is 38.5 Å². The molecule has 7 heteroatoms. The highest BCUT2D eigenvalue weighted by molar-refractivity contribution is 6.43. The van der Waals surface area contributed by atoms with Crippen molar-refractivity contribution in [3.63, 3.8) is 0 Å². The highest BCUT2D eigenvalue weighted by atomic mass is 35.5. The lowest BCUT2D eigenvalue weighted by Gasteiger charge is -2.37. The molecule has 1 saturated carbocycles. The van der Waals surface area contributed by atoms with Gasteiger partial charge < -0.3 is 15.0 Å². The monoisotopic (exact) mass is 441 g/mol. The Hall–Kier alpha value is -1.01. The number of hydrogen-bond acceptors (Lipinski definition) is 4. The van der Waals surface area contributed by atoms with E-state index in [2.05, 4.69) is 21.2 Å². The fourth-order valence-corrected chi connectivity index (χ4v) is 4.82. The molecule has 1 aromatic carbocycles. The molecule has 2 aliphatic rings. The lowest BCUT2D eigenvalue weighted by molar-refractivity contribution is -0.122. The van der Waals surface area contributed by atoms with Crippen LogP contribution in [0.15, 0.2) is 18.2 Å². The van der Waals surface area contributed by atoms with Gasteiger partial charge in [-0.15, -0.1) is 0 Å². The Labute approximate surface area is 184 Å². The minimum absolute atomic E-state index is 0.118. The number of piperazine rings is 1. The number of ether oxygens (including phenoxy) is 1. The molecule has 162 valence electrons. The normalized spacial score (nSPS) is 23.2. The SMILES string of the molecule is COCCC(=O)N[C@H]1CC[C@H](CCN2CCN(c3cccc(Cl)c3Cl)CC2)CC1. The van der Waals surface area contributed by atoms with Gasteiger partial charge in [0.1, 0.15) is 0 Å². The summed E-state index contributed by atoms with van der Waals surface area (Å²) in [6.07, 6.45) is 6.35. The van der Waals surface area contributed by atoms with E-state index in [9.17, 15) is 4.79 Å². The number of anilines is 1. The first-order valence-corrected chi connectivity index (χ1v) is 11.5. The molecule has 1 heterocycles. The van der Waals surface area contributed by atoms with Gasteiger partial charge in [-0.3, -0.25) is 9.69 Å². The molecular weight excluding hydrogens is 409 g/mol. The van der Waals surface area contributed by atoms with Crippen LogP contribution in [0.2, 0.25) is 10.0 Å². The maximum Gasteiger partial charge on any atom is 0.222 e. The maximum atomic E-state index is 11.8. The second-order valence-corrected chi connectivity index (χ2v) is 9.00. The van der Waals surface area contributed by atoms with Crippen molar-refractivity contribution < 1.29 is 9.53 Å². The molecule has 0 atom stereocenters. The van der Waals surface area contributed by atoms with E-state index in [1.807, 2.05) is 12.1 Å². The molecule has 29 heavy (non-hydrogen) atoms. The molecule has 2 fully saturated rings. The van der Waals surface area contributed by atoms with E-state index < -0.39 is 0 Å². The predicted molar refractivity (Wildman–Crippen MR) is 120 cm³/mol. The van der Waals surface area contributed by atoms with Crippen molar-refractivity contribution in [1.82, 2.24) is 10.2 Å². The average Bonchev–Trinajstić information content (AvgIpc) is 2.74. The van der Waals surface area contributed by atoms with Gasteiger partial charge in [-0.2, -0.15) is 0 Å². The van der Waals surface area contributed by atoms with Crippen LogP contribution in [-0.2, 0) is 9.53 Å². The zero-order valence-corrected chi connectivity index (χ0v) is 18.9. The van der Waals surface area contributed by atoms with Gasteiger partial charge in [0.15, 0.2) is 0 Å². The highest BCUT2D eigenvalue weighted by Gasteiger charge is 2.24. The lowest BCUT2D eigenvalue weighted by atomic mass is 9.84. The van der Waals surface area contributed by atoms with Crippen LogP contribution >= 0.6 is 23.2 Å². The van der Waals surface area contributed by atoms with Crippen LogP contribution in [0.3, 0.4) is 0 Å². The van der Waals surface area contributed by atoms with Crippen molar-refractivity contribution in [3.8, 4) is 0 Å². The second kappa shape index (κ2) is 11.4. The van der Waals surface area contributed by atoms with E-state index in [1.54, 1.807) is 7.11 Å². The molecule has 1 amide bonds. The summed E-state index contributed by atoms with van der Waals surface area (Å²) in [6, 6.07) is 6.20. The van der Waals surface area contributed by atoms with E-state index in [0.717, 1.165) is 57.2 Å². The molecule has 0 radical (unpaired) electrons. The maximum absolute atomic E-state index is 11.8. The minimum Gasteiger partial charge on any atom is -0.384 e. The average molecular weight is 442 g/mol. The van der Waals surface area contributed by atoms with Gasteiger partial charge in [-0.25, -0.2) is 0 Å². The van der Waals surface area contributed by atoms with Crippen LogP contribution in [0, 0.1) is 5.92 Å². The van der Waals surface area contributed by atoms with Crippen LogP contribution in [0.5, 0.6) is 0 Å². The largest absolute Gasteiger partial charge is 0.384 e. The molecular formula is C22H33Cl2N3O2. The first-order valence-electron chi connectivity index (χ1n) is 10.8. The van der Waals surface area contributed by atoms with E-state index in [4.69, 9.17) is 27.9 Å². The second-order valence-electron chi connectivity index (χ2n) is 8.22. The van der Waals surface area contributed by atoms with Gasteiger partial charge in [0.25, 0.3) is 0 Å². The quantitative estimate of drug-likeness (QED) is 0.655. The van der Waals surface area contributed by atoms with Crippen LogP contribution in [-0.4, -0.2) is 63.3 Å². The first kappa shape index (κ1) is 22.7. The van der Waals surface area contributed by atoms with Gasteiger partial charge >= 0.3 is 0 Å². The van der Waals surface area contributed by atoms with Crippen molar-refractivity contribution >= 4 is 34.8 Å². The molecule has 5 nitrogen and oxygen atoms in total. The molecule has 1 aliphatic carbocycles. The Balaban J connectivity index is 1.33. The summed E-state index contributed by atoms with van der Waals surface area (Å²) in [4.78, 5) is 16.7. The number of benzene rings is 1. The predicted octanol–water partition coefficient (Wildman–Crippen LogP) is 4.22. The molecule has 3 rings (SSSR count). The summed E-state index contributed by atoms with van der Waals surface area (Å²) in [5.74, 6) is 0.899. The van der Waals surface area contributed by atoms with Gasteiger partial charge in [0, 0.05) is 45.8 Å². The molecule has 1 N–H and O–H groups in total. The fourth-order valence-electron chi connectivity index (χ4n) is 4.40. The third-order valence-electron chi connectivity index (χ3n) is 6.24. The summed E-state index contributed by atoms with van der Waals surface area (Å²) >= 11 is 12.5. The van der Waals surface area contributed by atoms with Crippen molar-refractivity contribution in [3.05, 3.63) is 28.2 Å². The van der Waals surface area contributed by atoms with Gasteiger partial charge in [0.2, 0.25) is 5.91 Å². The number of hydrogen-bond donors (Lipinski definition) is 1. The number of carbonyl (C=O) groups is 1. The minimum atomic E-state index is 0.118. The Morgan fingerprint density at radius 3 is 2.55 bits per heavy atom. The number of methoxy groups -OCH3 is 1. The third kappa shape index (κ3) is 6.74. The smallest absolute Gasteiger partial charge is 0.222 e. The van der Waals surface area contributed by atoms with E-state index in [1.165, 1.54) is 19.3 Å². The molecule has 1 saturated heterocycles. The highest BCUT2D eigenvalue weighted by Crippen LogP contribution is 2.33. The number of amides is 1. The number of halogens is 2. The van der Waals surface area contributed by atoms with E-state index in [0.29, 0.717) is 29.1 Å². The molecule has 0 aromatic heterocycles. The summed E-state index contributed by atoms with van der Waals surface area (Å²) in [5, 5.41) is 4.44. The number of nitrogens with one attached hydrogen (secondary N) is 1. The van der Waals surface area contributed by atoms with Crippen molar-refractivity contribution in [2.45, 2.75) is 44.6 Å². The van der Waals surface area contributed by atoms with Crippen LogP contribution in [0.25, 0.3) is 0 Å². The van der Waals surface area contributed by atoms with Crippen molar-refractivity contribution in [2.24, 2.45) is 5.92 Å². The summed E-state index contributed by atoms with van der Waals surface area (Å²) in [5.41, 5.74) is 1.05.